The number of carbonyl (C=O) groups excluding carboxylic acids is 4. The Kier molecular flexibility index (Phi) is 16.2. The summed E-state index contributed by atoms with van der Waals surface area (Å²) in [6, 6.07) is 13.8. The van der Waals surface area contributed by atoms with Gasteiger partial charge in [0.2, 0.25) is 23.7 Å². The van der Waals surface area contributed by atoms with E-state index in [4.69, 9.17) is 14.0 Å². The highest BCUT2D eigenvalue weighted by molar-refractivity contribution is 6.02. The Hall–Kier alpha value is -8.12. The second kappa shape index (κ2) is 23.9. The van der Waals surface area contributed by atoms with E-state index in [1.165, 1.54) is 18.2 Å². The normalized spacial score (nSPS) is 17.9. The molecule has 424 valence electrons. The van der Waals surface area contributed by atoms with Gasteiger partial charge >= 0.3 is 0 Å². The van der Waals surface area contributed by atoms with E-state index in [0.717, 1.165) is 44.1 Å². The number of carbonyl (C=O) groups is 4. The van der Waals surface area contributed by atoms with Crippen molar-refractivity contribution in [2.24, 2.45) is 41.4 Å². The molecule has 0 radical (unpaired) electrons. The van der Waals surface area contributed by atoms with Crippen LogP contribution in [0.25, 0.3) is 22.3 Å². The van der Waals surface area contributed by atoms with Crippen molar-refractivity contribution in [3.05, 3.63) is 118 Å². The van der Waals surface area contributed by atoms with Gasteiger partial charge in [-0.2, -0.15) is 19.0 Å². The third-order valence-corrected chi connectivity index (χ3v) is 16.2. The molecule has 22 nitrogen and oxygen atoms in total. The number of ether oxygens (including phenoxy) is 1. The van der Waals surface area contributed by atoms with Crippen LogP contribution in [-0.2, 0) is 40.2 Å². The molecule has 4 saturated carbocycles. The Morgan fingerprint density at radius 1 is 0.667 bits per heavy atom. The smallest absolute Gasteiger partial charge is 0.276 e. The lowest BCUT2D eigenvalue weighted by atomic mass is 9.86. The van der Waals surface area contributed by atoms with Crippen molar-refractivity contribution in [1.82, 2.24) is 61.6 Å². The fourth-order valence-corrected chi connectivity index (χ4v) is 11.7. The van der Waals surface area contributed by atoms with E-state index in [0.29, 0.717) is 84.9 Å². The molecule has 0 spiro atoms. The minimum absolute atomic E-state index is 0.00619. The number of pyridine rings is 2. The van der Waals surface area contributed by atoms with Gasteiger partial charge in [-0.1, -0.05) is 40.6 Å². The summed E-state index contributed by atoms with van der Waals surface area (Å²) in [7, 11) is 0. The predicted molar refractivity (Wildman–Crippen MR) is 286 cm³/mol. The quantitative estimate of drug-likeness (QED) is 0.0199. The van der Waals surface area contributed by atoms with Gasteiger partial charge in [0.15, 0.2) is 11.4 Å². The molecule has 3 unspecified atom stereocenters. The zero-order valence-corrected chi connectivity index (χ0v) is 45.1. The summed E-state index contributed by atoms with van der Waals surface area (Å²) in [6.45, 7) is 6.02. The van der Waals surface area contributed by atoms with Crippen LogP contribution in [0.4, 0.5) is 20.4 Å². The summed E-state index contributed by atoms with van der Waals surface area (Å²) in [5, 5.41) is 51.2. The molecule has 4 aliphatic rings. The highest BCUT2D eigenvalue weighted by atomic mass is 19.1. The van der Waals surface area contributed by atoms with Gasteiger partial charge < -0.3 is 31.1 Å². The average molecular weight is 1110 g/mol. The van der Waals surface area contributed by atoms with Crippen LogP contribution in [0.5, 0.6) is 0 Å². The van der Waals surface area contributed by atoms with Crippen molar-refractivity contribution < 1.29 is 47.1 Å². The summed E-state index contributed by atoms with van der Waals surface area (Å²) in [4.78, 5) is 65.2. The Balaban J connectivity index is 0.777. The first-order chi connectivity index (χ1) is 39.3. The number of aliphatic hydroxyl groups excluding tert-OH is 1. The van der Waals surface area contributed by atoms with Crippen molar-refractivity contribution in [1.29, 1.82) is 0 Å². The van der Waals surface area contributed by atoms with Gasteiger partial charge in [-0.3, -0.25) is 29.4 Å². The van der Waals surface area contributed by atoms with E-state index in [1.807, 2.05) is 30.3 Å². The number of benzene rings is 1. The van der Waals surface area contributed by atoms with E-state index in [9.17, 15) is 24.3 Å². The van der Waals surface area contributed by atoms with Gasteiger partial charge in [0.05, 0.1) is 18.0 Å². The Bertz CT molecular complexity index is 3370. The van der Waals surface area contributed by atoms with E-state index in [-0.39, 0.29) is 94.3 Å². The lowest BCUT2D eigenvalue weighted by Gasteiger charge is -2.28. The van der Waals surface area contributed by atoms with Crippen LogP contribution in [0.15, 0.2) is 63.9 Å². The fraction of sp³-hybridized carbons (Fsp3) is 0.474. The van der Waals surface area contributed by atoms with Crippen molar-refractivity contribution in [3.8, 4) is 22.3 Å². The molecular formula is C57H64F2N14O8. The number of H-pyrrole nitrogens is 2. The van der Waals surface area contributed by atoms with Crippen molar-refractivity contribution in [2.45, 2.75) is 117 Å². The summed E-state index contributed by atoms with van der Waals surface area (Å²) < 4.78 is 48.0. The zero-order valence-electron chi connectivity index (χ0n) is 45.1. The lowest BCUT2D eigenvalue weighted by molar-refractivity contribution is -0.120. The molecule has 4 aliphatic carbocycles. The maximum absolute atomic E-state index is 16.5. The first-order valence-corrected chi connectivity index (χ1v) is 27.8. The second-order valence-electron chi connectivity index (χ2n) is 22.0. The predicted octanol–water partition coefficient (Wildman–Crippen LogP) is 7.12. The molecule has 24 heteroatoms. The molecule has 0 saturated heterocycles. The average Bonchev–Trinajstić information content (AvgIpc) is 4.27. The van der Waals surface area contributed by atoms with Crippen LogP contribution in [0, 0.1) is 74.1 Å². The van der Waals surface area contributed by atoms with Crippen LogP contribution in [0.3, 0.4) is 0 Å². The first kappa shape index (κ1) is 54.8. The third-order valence-electron chi connectivity index (χ3n) is 16.2. The number of aromatic nitrogens is 10. The summed E-state index contributed by atoms with van der Waals surface area (Å²) in [6.07, 6.45) is 7.83. The minimum atomic E-state index is -1.13. The molecule has 4 amide bonds. The van der Waals surface area contributed by atoms with Crippen LogP contribution in [0.1, 0.15) is 118 Å². The monoisotopic (exact) mass is 1110 g/mol. The SMILES string of the molecule is Cc1n[nH]c(C)c1-c1ccc(NC(=O)[C@@H](NC(=O)c2nonc2CCCO)C(C2CC2)C2CC2Cc2n[nH]c(C)c2-c2ccc(NC(=O)[C@@H](NC(=O)c3nonc3CCCOCc3ccccc3)C(C3CC3)C3CC3)nc2F)nc1F. The Labute approximate surface area is 464 Å². The van der Waals surface area contributed by atoms with Crippen LogP contribution >= 0.6 is 0 Å². The molecule has 6 aromatic heterocycles. The third kappa shape index (κ3) is 12.6. The van der Waals surface area contributed by atoms with E-state index in [2.05, 4.69) is 72.3 Å². The number of aryl methyl sites for hydroxylation is 5. The Morgan fingerprint density at radius 2 is 1.20 bits per heavy atom. The van der Waals surface area contributed by atoms with E-state index < -0.39 is 47.6 Å². The standard InChI is InChI=1S/C57H64F2N14O8/c1-28-44(29(2)67-66-28)36-19-21-42(60-52(36)58)63-57(78)51(65-55(76)48-39(11-7-23-74)70-80-72-48)47(34-17-18-34)38-25-35(38)26-41-45(30(3)68-69-41)37-20-22-43(61-53(37)59)62-56(77)50(46(32-13-14-32)33-15-16-33)64-54(75)49-40(71-81-73-49)12-8-24-79-27-31-9-5-4-6-10-31/h4-6,9-10,19-22,32-35,38,46-47,50-51,74H,7-8,11-18,23-27H2,1-3H3,(H,64,75)(H,65,76)(H,66,67)(H,68,69)(H,60,63,78)(H,61,62,77)/t35?,38?,47?,50-,51-/m0/s1. The second-order valence-corrected chi connectivity index (χ2v) is 22.0. The topological polar surface area (TPSA) is 307 Å². The van der Waals surface area contributed by atoms with Gasteiger partial charge in [0.1, 0.15) is 35.1 Å². The number of halogens is 2. The molecule has 0 bridgehead atoms. The first-order valence-electron chi connectivity index (χ1n) is 27.8. The molecule has 11 rings (SSSR count). The number of rotatable bonds is 27. The number of anilines is 2. The summed E-state index contributed by atoms with van der Waals surface area (Å²) >= 11 is 0. The maximum Gasteiger partial charge on any atom is 0.276 e. The van der Waals surface area contributed by atoms with Crippen LogP contribution in [-0.4, -0.2) is 105 Å². The Morgan fingerprint density at radius 3 is 1.74 bits per heavy atom. The number of aromatic amines is 2. The van der Waals surface area contributed by atoms with Gasteiger partial charge in [-0.05, 0) is 179 Å². The lowest BCUT2D eigenvalue weighted by Crippen LogP contribution is -2.50. The molecule has 1 aromatic carbocycles. The van der Waals surface area contributed by atoms with Gasteiger partial charge in [0.25, 0.3) is 11.8 Å². The highest BCUT2D eigenvalue weighted by Crippen LogP contribution is 2.56. The fourth-order valence-electron chi connectivity index (χ4n) is 11.7. The summed E-state index contributed by atoms with van der Waals surface area (Å²) in [5.41, 5.74) is 5.35. The van der Waals surface area contributed by atoms with Crippen molar-refractivity contribution >= 4 is 35.3 Å². The molecule has 7 N–H and O–H groups in total. The molecule has 5 atom stereocenters. The van der Waals surface area contributed by atoms with Gasteiger partial charge in [-0.25, -0.2) is 19.2 Å². The number of nitrogens with zero attached hydrogens (tertiary/aromatic N) is 8. The minimum Gasteiger partial charge on any atom is -0.396 e. The number of amides is 4. The van der Waals surface area contributed by atoms with Crippen LogP contribution < -0.4 is 21.3 Å². The molecule has 0 aliphatic heterocycles. The largest absolute Gasteiger partial charge is 0.396 e. The zero-order chi connectivity index (χ0) is 56.3. The highest BCUT2D eigenvalue weighted by Gasteiger charge is 2.54. The molecular weight excluding hydrogens is 1050 g/mol. The van der Waals surface area contributed by atoms with Crippen molar-refractivity contribution in [3.63, 3.8) is 0 Å². The molecule has 7 aromatic rings. The van der Waals surface area contributed by atoms with Gasteiger partial charge in [-0.15, -0.1) is 0 Å². The maximum atomic E-state index is 16.5. The number of nitrogens with one attached hydrogen (secondary N) is 6. The number of hydrogen-bond acceptors (Lipinski definition) is 16. The van der Waals surface area contributed by atoms with E-state index in [1.54, 1.807) is 26.8 Å². The molecule has 6 heterocycles. The summed E-state index contributed by atoms with van der Waals surface area (Å²) in [5.74, 6) is -4.28. The van der Waals surface area contributed by atoms with Crippen LogP contribution in [0.2, 0.25) is 0 Å². The molecule has 4 fully saturated rings. The molecule has 81 heavy (non-hydrogen) atoms. The number of hydrogen-bond donors (Lipinski definition) is 7. The number of aliphatic hydroxyl groups is 1. The van der Waals surface area contributed by atoms with E-state index >= 15 is 8.78 Å². The van der Waals surface area contributed by atoms with Crippen molar-refractivity contribution in [2.75, 3.05) is 23.8 Å². The van der Waals surface area contributed by atoms with Gasteiger partial charge in [0, 0.05) is 46.9 Å².